The standard InChI is InChI=1S/C9H20N2O2/c1-11(2,3)7-5-4-6-8(10)9(12)13/h8H,4-7,10H2,1-3H3/p+1/t8-/m0/s1/i6D2,8D/hD2. The highest BCUT2D eigenvalue weighted by Gasteiger charge is 2.11. The summed E-state index contributed by atoms with van der Waals surface area (Å²) in [6.07, 6.45) is -2.29. The minimum Gasteiger partial charge on any atom is -0.480 e. The van der Waals surface area contributed by atoms with Crippen LogP contribution >= 0.6 is 0 Å². The van der Waals surface area contributed by atoms with E-state index in [2.05, 4.69) is 0 Å². The van der Waals surface area contributed by atoms with Crippen LogP contribution in [0.5, 0.6) is 0 Å². The number of rotatable bonds is 7. The average Bonchev–Trinajstić information content (AvgIpc) is 2.12. The van der Waals surface area contributed by atoms with Crippen molar-refractivity contribution >= 4 is 5.97 Å². The summed E-state index contributed by atoms with van der Waals surface area (Å²) in [6, 6.07) is -2.92. The second kappa shape index (κ2) is 5.19. The lowest BCUT2D eigenvalue weighted by molar-refractivity contribution is -0.870. The van der Waals surface area contributed by atoms with Crippen molar-refractivity contribution in [3.8, 4) is 0 Å². The van der Waals surface area contributed by atoms with Gasteiger partial charge in [0.05, 0.1) is 29.1 Å². The van der Waals surface area contributed by atoms with Gasteiger partial charge < -0.3 is 15.3 Å². The average molecular weight is 194 g/mol. The number of nitrogens with two attached hydrogens (primary N) is 1. The number of aliphatic carboxylic acids is 1. The summed E-state index contributed by atoms with van der Waals surface area (Å²) in [4.78, 5) is 11.0. The molecule has 0 unspecified atom stereocenters. The van der Waals surface area contributed by atoms with Crippen LogP contribution in [0.25, 0.3) is 0 Å². The summed E-state index contributed by atoms with van der Waals surface area (Å²) < 4.78 is 37.4. The first-order valence-electron chi connectivity index (χ1n) is 6.56. The molecule has 0 saturated carbocycles. The lowest BCUT2D eigenvalue weighted by Crippen LogP contribution is -2.35. The van der Waals surface area contributed by atoms with Crippen LogP contribution < -0.4 is 5.72 Å². The number of hydrogen-bond acceptors (Lipinski definition) is 2. The summed E-state index contributed by atoms with van der Waals surface area (Å²) in [7, 11) is 5.76. The van der Waals surface area contributed by atoms with E-state index in [1.807, 2.05) is 21.1 Å². The first-order valence-corrected chi connectivity index (χ1v) is 4.16. The van der Waals surface area contributed by atoms with Gasteiger partial charge in [0, 0.05) is 2.74 Å². The number of carbonyl (C=O) groups is 1. The lowest BCUT2D eigenvalue weighted by atomic mass is 10.1. The number of carboxylic acids is 1. The largest absolute Gasteiger partial charge is 0.480 e. The first-order chi connectivity index (χ1) is 7.84. The van der Waals surface area contributed by atoms with Crippen molar-refractivity contribution in [1.29, 1.82) is 0 Å². The molecule has 0 saturated heterocycles. The zero-order chi connectivity index (χ0) is 14.8. The molecule has 0 fully saturated rings. The van der Waals surface area contributed by atoms with Crippen molar-refractivity contribution in [1.82, 2.24) is 0 Å². The Morgan fingerprint density at radius 1 is 1.69 bits per heavy atom. The molecule has 3 N–H and O–H groups in total. The zero-order valence-corrected chi connectivity index (χ0v) is 8.37. The topological polar surface area (TPSA) is 63.3 Å². The summed E-state index contributed by atoms with van der Waals surface area (Å²) in [5.41, 5.74) is -0.388. The summed E-state index contributed by atoms with van der Waals surface area (Å²) in [5.74, 6) is -1.83. The van der Waals surface area contributed by atoms with Crippen molar-refractivity contribution in [2.75, 3.05) is 27.7 Å². The van der Waals surface area contributed by atoms with Crippen molar-refractivity contribution < 1.29 is 21.3 Å². The van der Waals surface area contributed by atoms with Crippen LogP contribution in [0.3, 0.4) is 0 Å². The maximum atomic E-state index is 11.0. The van der Waals surface area contributed by atoms with Crippen LogP contribution in [0.2, 0.25) is 2.82 Å². The molecule has 0 aliphatic rings. The summed E-state index contributed by atoms with van der Waals surface area (Å²) in [5, 5.41) is 8.88. The number of nitrogens with zero attached hydrogens (tertiary/aromatic N) is 1. The molecule has 0 bridgehead atoms. The minimum atomic E-state index is -2.92. The first kappa shape index (κ1) is 5.98. The molecule has 0 heterocycles. The second-order valence-corrected chi connectivity index (χ2v) is 3.95. The van der Waals surface area contributed by atoms with Crippen LogP contribution in [-0.4, -0.2) is 49.3 Å². The molecule has 0 amide bonds. The Bertz CT molecular complexity index is 306. The van der Waals surface area contributed by atoms with E-state index in [-0.39, 0.29) is 12.1 Å². The molecule has 0 aliphatic carbocycles. The van der Waals surface area contributed by atoms with Gasteiger partial charge in [0.2, 0.25) is 0 Å². The lowest BCUT2D eigenvalue weighted by Gasteiger charge is -2.23. The van der Waals surface area contributed by atoms with Gasteiger partial charge in [-0.1, -0.05) is 0 Å². The van der Waals surface area contributed by atoms with Gasteiger partial charge >= 0.3 is 5.97 Å². The van der Waals surface area contributed by atoms with Gasteiger partial charge in [-0.05, 0) is 19.2 Å². The molecule has 13 heavy (non-hydrogen) atoms. The Morgan fingerprint density at radius 3 is 2.69 bits per heavy atom. The number of carboxylic acid groups (broad SMARTS) is 1. The highest BCUT2D eigenvalue weighted by atomic mass is 16.4. The molecule has 0 aromatic heterocycles. The van der Waals surface area contributed by atoms with E-state index in [0.29, 0.717) is 17.4 Å². The van der Waals surface area contributed by atoms with E-state index < -0.39 is 18.4 Å². The van der Waals surface area contributed by atoms with Crippen LogP contribution in [-0.2, 0) is 4.79 Å². The molecule has 0 aromatic rings. The van der Waals surface area contributed by atoms with Crippen molar-refractivity contribution in [3.63, 3.8) is 0 Å². The van der Waals surface area contributed by atoms with Gasteiger partial charge in [-0.25, -0.2) is 0 Å². The maximum absolute atomic E-state index is 11.0. The normalized spacial score (nSPS) is 23.5. The van der Waals surface area contributed by atoms with E-state index in [1.54, 1.807) is 0 Å². The Hall–Kier alpha value is -0.610. The molecule has 78 valence electrons. The second-order valence-electron chi connectivity index (χ2n) is 3.95. The highest BCUT2D eigenvalue weighted by molar-refractivity contribution is 5.72. The molecule has 0 radical (unpaired) electrons. The summed E-state index contributed by atoms with van der Waals surface area (Å²) in [6.45, 7) is 0.616. The zero-order valence-electron chi connectivity index (χ0n) is 13.4. The molecule has 4 nitrogen and oxygen atoms in total. The molecular formula is C9H21N2O2+. The van der Waals surface area contributed by atoms with Gasteiger partial charge in [-0.3, -0.25) is 4.79 Å². The van der Waals surface area contributed by atoms with E-state index in [0.717, 1.165) is 0 Å². The molecule has 0 spiro atoms. The monoisotopic (exact) mass is 194 g/mol. The number of hydrogen-bond donors (Lipinski definition) is 2. The smallest absolute Gasteiger partial charge is 0.320 e. The van der Waals surface area contributed by atoms with Crippen molar-refractivity contribution in [2.45, 2.75) is 25.2 Å². The molecule has 0 aromatic carbocycles. The fourth-order valence-corrected chi connectivity index (χ4v) is 0.836. The van der Waals surface area contributed by atoms with E-state index >= 15 is 0 Å². The Kier molecular flexibility index (Phi) is 2.39. The molecule has 0 rings (SSSR count). The third-order valence-electron chi connectivity index (χ3n) is 1.50. The fourth-order valence-electron chi connectivity index (χ4n) is 0.836. The highest BCUT2D eigenvalue weighted by Crippen LogP contribution is 2.02. The maximum Gasteiger partial charge on any atom is 0.320 e. The summed E-state index contributed by atoms with van der Waals surface area (Å²) >= 11 is 0. The Morgan fingerprint density at radius 2 is 2.31 bits per heavy atom. The van der Waals surface area contributed by atoms with Crippen molar-refractivity contribution in [2.24, 2.45) is 5.72 Å². The molecule has 4 heteroatoms. The van der Waals surface area contributed by atoms with Gasteiger partial charge in [0.1, 0.15) is 8.84 Å². The fraction of sp³-hybridized carbons (Fsp3) is 0.889. The van der Waals surface area contributed by atoms with E-state index in [1.165, 1.54) is 0 Å². The van der Waals surface area contributed by atoms with Crippen LogP contribution in [0, 0.1) is 0 Å². The predicted molar refractivity (Wildman–Crippen MR) is 52.4 cm³/mol. The van der Waals surface area contributed by atoms with E-state index in [9.17, 15) is 4.79 Å². The van der Waals surface area contributed by atoms with Gasteiger partial charge in [0.15, 0.2) is 0 Å². The predicted octanol–water partition coefficient (Wildman–Crippen LogP) is 0.275. The molecule has 1 atom stereocenters. The van der Waals surface area contributed by atoms with Gasteiger partial charge in [0.25, 0.3) is 0 Å². The quantitative estimate of drug-likeness (QED) is 0.572. The third-order valence-corrected chi connectivity index (χ3v) is 1.50. The molecular weight excluding hydrogens is 168 g/mol. The van der Waals surface area contributed by atoms with Crippen LogP contribution in [0.15, 0.2) is 0 Å². The van der Waals surface area contributed by atoms with Crippen molar-refractivity contribution in [3.05, 3.63) is 0 Å². The Labute approximate surface area is 87.1 Å². The van der Waals surface area contributed by atoms with Crippen LogP contribution in [0.1, 0.15) is 23.3 Å². The van der Waals surface area contributed by atoms with Crippen LogP contribution in [0.4, 0.5) is 0 Å². The van der Waals surface area contributed by atoms with E-state index in [4.69, 9.17) is 12.0 Å². The third kappa shape index (κ3) is 7.74. The number of quaternary nitrogens is 1. The SMILES string of the molecule is [2H]N([2H])[C@]([2H])(C(=O)O)C([2H])([2H])CCC[N+](C)(C)C. The minimum absolute atomic E-state index is 0.188. The van der Waals surface area contributed by atoms with Gasteiger partial charge in [-0.15, -0.1) is 0 Å². The Balaban J connectivity index is 4.83. The molecule has 0 aliphatic heterocycles. The van der Waals surface area contributed by atoms with Gasteiger partial charge in [-0.2, -0.15) is 0 Å².